The van der Waals surface area contributed by atoms with Crippen molar-refractivity contribution in [3.63, 3.8) is 0 Å². The smallest absolute Gasteiger partial charge is 0.193 e. The van der Waals surface area contributed by atoms with Crippen molar-refractivity contribution < 1.29 is 4.39 Å². The molecule has 1 aromatic carbocycles. The molecule has 1 unspecified atom stereocenters. The van der Waals surface area contributed by atoms with E-state index in [1.54, 1.807) is 6.07 Å². The Labute approximate surface area is 180 Å². The van der Waals surface area contributed by atoms with Gasteiger partial charge in [0.25, 0.3) is 0 Å². The molecule has 6 nitrogen and oxygen atoms in total. The van der Waals surface area contributed by atoms with E-state index in [0.717, 1.165) is 63.0 Å². The lowest BCUT2D eigenvalue weighted by atomic mass is 10.1. The van der Waals surface area contributed by atoms with Crippen molar-refractivity contribution in [3.05, 3.63) is 29.6 Å². The van der Waals surface area contributed by atoms with E-state index < -0.39 is 0 Å². The summed E-state index contributed by atoms with van der Waals surface area (Å²) in [6.45, 7) is 12.2. The second-order valence-corrected chi connectivity index (χ2v) is 8.74. The lowest BCUT2D eigenvalue weighted by Gasteiger charge is -2.35. The van der Waals surface area contributed by atoms with Crippen LogP contribution in [0.1, 0.15) is 31.7 Å². The van der Waals surface area contributed by atoms with Crippen molar-refractivity contribution in [2.75, 3.05) is 70.9 Å². The number of aliphatic imine (C=N–C) groups is 1. The molecule has 0 amide bonds. The molecule has 0 saturated carbocycles. The van der Waals surface area contributed by atoms with Gasteiger partial charge in [-0.25, -0.2) is 4.39 Å². The number of nitrogens with zero attached hydrogens (tertiary/aromatic N) is 5. The quantitative estimate of drug-likeness (QED) is 0.589. The van der Waals surface area contributed by atoms with E-state index in [4.69, 9.17) is 0 Å². The minimum Gasteiger partial charge on any atom is -0.367 e. The first-order valence-electron chi connectivity index (χ1n) is 11.6. The van der Waals surface area contributed by atoms with E-state index in [9.17, 15) is 4.39 Å². The molecule has 0 radical (unpaired) electrons. The highest BCUT2D eigenvalue weighted by Crippen LogP contribution is 2.23. The van der Waals surface area contributed by atoms with Crippen LogP contribution in [0.25, 0.3) is 0 Å². The van der Waals surface area contributed by atoms with Crippen LogP contribution in [-0.4, -0.2) is 92.7 Å². The molecule has 3 saturated heterocycles. The van der Waals surface area contributed by atoms with Crippen molar-refractivity contribution in [1.29, 1.82) is 0 Å². The summed E-state index contributed by atoms with van der Waals surface area (Å²) in [7, 11) is 1.84. The van der Waals surface area contributed by atoms with Crippen LogP contribution in [-0.2, 0) is 6.54 Å². The van der Waals surface area contributed by atoms with Gasteiger partial charge in [-0.05, 0) is 56.6 Å². The van der Waals surface area contributed by atoms with Gasteiger partial charge in [0, 0.05) is 58.9 Å². The normalized spacial score (nSPS) is 24.1. The maximum absolute atomic E-state index is 14.8. The maximum Gasteiger partial charge on any atom is 0.193 e. The predicted octanol–water partition coefficient (Wildman–Crippen LogP) is 2.21. The number of hydrogen-bond acceptors (Lipinski definition) is 4. The Hall–Kier alpha value is -1.86. The van der Waals surface area contributed by atoms with Crippen molar-refractivity contribution in [2.45, 2.75) is 38.8 Å². The Morgan fingerprint density at radius 2 is 1.87 bits per heavy atom. The van der Waals surface area contributed by atoms with Gasteiger partial charge < -0.3 is 20.0 Å². The monoisotopic (exact) mass is 416 g/mol. The zero-order chi connectivity index (χ0) is 20.9. The lowest BCUT2D eigenvalue weighted by Crippen LogP contribution is -2.46. The van der Waals surface area contributed by atoms with E-state index >= 15 is 0 Å². The molecular formula is C23H37FN6. The number of rotatable bonds is 5. The minimum absolute atomic E-state index is 0.121. The summed E-state index contributed by atoms with van der Waals surface area (Å²) in [6, 6.07) is 6.31. The topological polar surface area (TPSA) is 37.4 Å². The van der Waals surface area contributed by atoms with Crippen LogP contribution in [0.5, 0.6) is 0 Å². The summed E-state index contributed by atoms with van der Waals surface area (Å²) in [5.41, 5.74) is 1.69. The Morgan fingerprint density at radius 1 is 1.10 bits per heavy atom. The van der Waals surface area contributed by atoms with Gasteiger partial charge in [0.2, 0.25) is 0 Å². The molecular weight excluding hydrogens is 379 g/mol. The highest BCUT2D eigenvalue weighted by Gasteiger charge is 2.30. The van der Waals surface area contributed by atoms with Gasteiger partial charge in [-0.3, -0.25) is 9.89 Å². The predicted molar refractivity (Wildman–Crippen MR) is 122 cm³/mol. The van der Waals surface area contributed by atoms with Gasteiger partial charge in [0.15, 0.2) is 5.96 Å². The van der Waals surface area contributed by atoms with Crippen molar-refractivity contribution in [1.82, 2.24) is 20.0 Å². The van der Waals surface area contributed by atoms with E-state index in [-0.39, 0.29) is 5.82 Å². The van der Waals surface area contributed by atoms with Gasteiger partial charge in [-0.2, -0.15) is 0 Å². The molecule has 3 aliphatic rings. The second kappa shape index (κ2) is 9.96. The molecule has 0 aliphatic carbocycles. The van der Waals surface area contributed by atoms with E-state index in [1.807, 2.05) is 19.2 Å². The molecule has 0 aromatic heterocycles. The van der Waals surface area contributed by atoms with Gasteiger partial charge in [-0.1, -0.05) is 13.0 Å². The first-order valence-corrected chi connectivity index (χ1v) is 11.6. The Bertz CT molecular complexity index is 724. The fourth-order valence-corrected chi connectivity index (χ4v) is 5.07. The van der Waals surface area contributed by atoms with Crippen LogP contribution in [0, 0.1) is 5.82 Å². The van der Waals surface area contributed by atoms with Crippen LogP contribution in [0.4, 0.5) is 10.1 Å². The van der Waals surface area contributed by atoms with Crippen LogP contribution in [0.3, 0.4) is 0 Å². The highest BCUT2D eigenvalue weighted by molar-refractivity contribution is 5.80. The number of likely N-dealkylation sites (N-methyl/N-ethyl adjacent to an activating group) is 1. The van der Waals surface area contributed by atoms with Crippen LogP contribution >= 0.6 is 0 Å². The molecule has 0 spiro atoms. The summed E-state index contributed by atoms with van der Waals surface area (Å²) in [4.78, 5) is 14.0. The average Bonchev–Trinajstić information content (AvgIpc) is 3.47. The maximum atomic E-state index is 14.8. The Morgan fingerprint density at radius 3 is 2.53 bits per heavy atom. The molecule has 1 atom stereocenters. The van der Waals surface area contributed by atoms with Gasteiger partial charge in [0.05, 0.1) is 5.69 Å². The number of guanidine groups is 1. The Balaban J connectivity index is 1.30. The molecule has 166 valence electrons. The standard InChI is InChI=1S/C23H37FN6/c1-3-27-12-14-29(15-13-27)22-7-6-19(16-21(22)24)17-26-23(25-2)30-11-8-20(18-30)28-9-4-5-10-28/h6-7,16,20H,3-5,8-15,17-18H2,1-2H3,(H,25,26). The number of benzene rings is 1. The van der Waals surface area contributed by atoms with Gasteiger partial charge >= 0.3 is 0 Å². The zero-order valence-corrected chi connectivity index (χ0v) is 18.6. The number of nitrogens with one attached hydrogen (secondary N) is 1. The SMILES string of the molecule is CCN1CCN(c2ccc(CNC(=NC)N3CCC(N4CCCC4)C3)cc2F)CC1. The van der Waals surface area contributed by atoms with Gasteiger partial charge in [0.1, 0.15) is 5.82 Å². The number of halogens is 1. The molecule has 3 fully saturated rings. The summed E-state index contributed by atoms with van der Waals surface area (Å²) in [5, 5.41) is 3.45. The summed E-state index contributed by atoms with van der Waals surface area (Å²) in [6.07, 6.45) is 3.87. The van der Waals surface area contributed by atoms with Crippen LogP contribution in [0.15, 0.2) is 23.2 Å². The molecule has 3 heterocycles. The van der Waals surface area contributed by atoms with Gasteiger partial charge in [-0.15, -0.1) is 0 Å². The number of anilines is 1. The fraction of sp³-hybridized carbons (Fsp3) is 0.696. The van der Waals surface area contributed by atoms with Crippen molar-refractivity contribution >= 4 is 11.6 Å². The fourth-order valence-electron chi connectivity index (χ4n) is 5.07. The molecule has 4 rings (SSSR count). The third-order valence-corrected chi connectivity index (χ3v) is 6.95. The first-order chi connectivity index (χ1) is 14.7. The average molecular weight is 417 g/mol. The summed E-state index contributed by atoms with van der Waals surface area (Å²) in [5.74, 6) is 0.807. The molecule has 7 heteroatoms. The minimum atomic E-state index is -0.121. The largest absolute Gasteiger partial charge is 0.367 e. The van der Waals surface area contributed by atoms with Crippen molar-refractivity contribution in [3.8, 4) is 0 Å². The first kappa shape index (κ1) is 21.4. The van der Waals surface area contributed by atoms with E-state index in [0.29, 0.717) is 12.6 Å². The lowest BCUT2D eigenvalue weighted by molar-refractivity contribution is 0.249. The Kier molecular flexibility index (Phi) is 7.10. The third-order valence-electron chi connectivity index (χ3n) is 6.95. The van der Waals surface area contributed by atoms with Crippen LogP contribution < -0.4 is 10.2 Å². The van der Waals surface area contributed by atoms with E-state index in [2.05, 4.69) is 36.8 Å². The molecule has 3 aliphatic heterocycles. The number of hydrogen-bond donors (Lipinski definition) is 1. The second-order valence-electron chi connectivity index (χ2n) is 8.74. The number of likely N-dealkylation sites (tertiary alicyclic amines) is 2. The summed E-state index contributed by atoms with van der Waals surface area (Å²) < 4.78 is 14.8. The zero-order valence-electron chi connectivity index (χ0n) is 18.6. The molecule has 0 bridgehead atoms. The highest BCUT2D eigenvalue weighted by atomic mass is 19.1. The number of piperazine rings is 1. The summed E-state index contributed by atoms with van der Waals surface area (Å²) >= 11 is 0. The van der Waals surface area contributed by atoms with Crippen molar-refractivity contribution in [2.24, 2.45) is 4.99 Å². The van der Waals surface area contributed by atoms with Crippen LogP contribution in [0.2, 0.25) is 0 Å². The molecule has 1 aromatic rings. The van der Waals surface area contributed by atoms with E-state index in [1.165, 1.54) is 32.4 Å². The molecule has 1 N–H and O–H groups in total. The third kappa shape index (κ3) is 4.89. The molecule has 30 heavy (non-hydrogen) atoms.